The Morgan fingerprint density at radius 2 is 1.95 bits per heavy atom. The summed E-state index contributed by atoms with van der Waals surface area (Å²) in [6, 6.07) is 14.7. The van der Waals surface area contributed by atoms with Gasteiger partial charge in [0.25, 0.3) is 0 Å². The van der Waals surface area contributed by atoms with Crippen LogP contribution in [0.2, 0.25) is 0 Å². The molecular formula is C17H19FN2O. The molecule has 2 aromatic carbocycles. The van der Waals surface area contributed by atoms with Gasteiger partial charge in [-0.05, 0) is 31.0 Å². The maximum Gasteiger partial charge on any atom is 0.248 e. The molecule has 2 aromatic rings. The van der Waals surface area contributed by atoms with E-state index in [4.69, 9.17) is 5.73 Å². The standard InChI is InChI=1S/C17H19FN2O/c1-12(9-13-5-3-2-4-6-13)20-11-15-8-7-14(17(19)21)10-16(15)18/h2-8,10,12,20H,9,11H2,1H3,(H2,19,21). The number of halogens is 1. The van der Waals surface area contributed by atoms with Crippen molar-refractivity contribution in [3.8, 4) is 0 Å². The number of nitrogens with two attached hydrogens (primary N) is 1. The molecule has 0 saturated heterocycles. The van der Waals surface area contributed by atoms with E-state index in [0.29, 0.717) is 12.1 Å². The molecule has 1 atom stereocenters. The van der Waals surface area contributed by atoms with Crippen LogP contribution >= 0.6 is 0 Å². The van der Waals surface area contributed by atoms with E-state index in [-0.39, 0.29) is 11.6 Å². The largest absolute Gasteiger partial charge is 0.366 e. The molecule has 0 radical (unpaired) electrons. The van der Waals surface area contributed by atoms with Crippen LogP contribution in [0, 0.1) is 5.82 Å². The maximum atomic E-state index is 13.8. The molecule has 0 aliphatic carbocycles. The van der Waals surface area contributed by atoms with Crippen LogP contribution in [0.4, 0.5) is 4.39 Å². The molecule has 0 bridgehead atoms. The van der Waals surface area contributed by atoms with E-state index in [0.717, 1.165) is 6.42 Å². The van der Waals surface area contributed by atoms with Crippen LogP contribution in [0.5, 0.6) is 0 Å². The summed E-state index contributed by atoms with van der Waals surface area (Å²) in [5, 5.41) is 3.28. The molecule has 2 rings (SSSR count). The average Bonchev–Trinajstić information content (AvgIpc) is 2.47. The number of hydrogen-bond donors (Lipinski definition) is 2. The zero-order valence-electron chi connectivity index (χ0n) is 12.0. The van der Waals surface area contributed by atoms with Gasteiger partial charge in [-0.25, -0.2) is 4.39 Å². The lowest BCUT2D eigenvalue weighted by atomic mass is 10.1. The molecule has 0 aliphatic rings. The molecule has 0 saturated carbocycles. The summed E-state index contributed by atoms with van der Waals surface area (Å²) in [5.74, 6) is -1.03. The lowest BCUT2D eigenvalue weighted by molar-refractivity contribution is 0.1000. The third kappa shape index (κ3) is 4.39. The molecule has 0 spiro atoms. The fourth-order valence-electron chi connectivity index (χ4n) is 2.17. The van der Waals surface area contributed by atoms with Crippen molar-refractivity contribution >= 4 is 5.91 Å². The third-order valence-electron chi connectivity index (χ3n) is 3.36. The molecule has 21 heavy (non-hydrogen) atoms. The fourth-order valence-corrected chi connectivity index (χ4v) is 2.17. The van der Waals surface area contributed by atoms with Crippen molar-refractivity contribution in [3.05, 3.63) is 71.0 Å². The SMILES string of the molecule is CC(Cc1ccccc1)NCc1ccc(C(N)=O)cc1F. The minimum atomic E-state index is -0.620. The van der Waals surface area contributed by atoms with E-state index in [1.807, 2.05) is 18.2 Å². The second-order valence-corrected chi connectivity index (χ2v) is 5.14. The van der Waals surface area contributed by atoms with Crippen LogP contribution in [0.3, 0.4) is 0 Å². The van der Waals surface area contributed by atoms with Crippen LogP contribution in [-0.2, 0) is 13.0 Å². The quantitative estimate of drug-likeness (QED) is 0.857. The van der Waals surface area contributed by atoms with E-state index < -0.39 is 11.7 Å². The molecule has 0 aliphatic heterocycles. The first-order valence-electron chi connectivity index (χ1n) is 6.92. The summed E-state index contributed by atoms with van der Waals surface area (Å²) >= 11 is 0. The molecule has 0 aromatic heterocycles. The van der Waals surface area contributed by atoms with Gasteiger partial charge in [0.1, 0.15) is 5.82 Å². The van der Waals surface area contributed by atoms with Gasteiger partial charge in [-0.3, -0.25) is 4.79 Å². The number of rotatable bonds is 6. The molecule has 0 heterocycles. The highest BCUT2D eigenvalue weighted by atomic mass is 19.1. The number of primary amides is 1. The summed E-state index contributed by atoms with van der Waals surface area (Å²) in [6.45, 7) is 2.47. The minimum Gasteiger partial charge on any atom is -0.366 e. The predicted octanol–water partition coefficient (Wildman–Crippen LogP) is 2.65. The smallest absolute Gasteiger partial charge is 0.248 e. The average molecular weight is 286 g/mol. The zero-order chi connectivity index (χ0) is 15.2. The summed E-state index contributed by atoms with van der Waals surface area (Å²) in [6.07, 6.45) is 0.877. The normalized spacial score (nSPS) is 12.1. The summed E-state index contributed by atoms with van der Waals surface area (Å²) in [4.78, 5) is 11.0. The van der Waals surface area contributed by atoms with Crippen molar-refractivity contribution in [2.24, 2.45) is 5.73 Å². The van der Waals surface area contributed by atoms with Crippen molar-refractivity contribution < 1.29 is 9.18 Å². The van der Waals surface area contributed by atoms with Gasteiger partial charge < -0.3 is 11.1 Å². The van der Waals surface area contributed by atoms with Gasteiger partial charge in [-0.1, -0.05) is 36.4 Å². The Labute approximate surface area is 124 Å². The summed E-state index contributed by atoms with van der Waals surface area (Å²) in [7, 11) is 0. The van der Waals surface area contributed by atoms with E-state index in [9.17, 15) is 9.18 Å². The topological polar surface area (TPSA) is 55.1 Å². The van der Waals surface area contributed by atoms with Gasteiger partial charge in [-0.15, -0.1) is 0 Å². The lowest BCUT2D eigenvalue weighted by Gasteiger charge is -2.14. The van der Waals surface area contributed by atoms with Crippen molar-refractivity contribution in [3.63, 3.8) is 0 Å². The van der Waals surface area contributed by atoms with Gasteiger partial charge in [0.2, 0.25) is 5.91 Å². The molecule has 4 heteroatoms. The number of carbonyl (C=O) groups is 1. The second kappa shape index (κ2) is 6.99. The molecule has 1 amide bonds. The first-order chi connectivity index (χ1) is 10.1. The van der Waals surface area contributed by atoms with Crippen LogP contribution in [-0.4, -0.2) is 11.9 Å². The van der Waals surface area contributed by atoms with Crippen molar-refractivity contribution in [2.45, 2.75) is 25.9 Å². The van der Waals surface area contributed by atoms with Crippen LogP contribution in [0.25, 0.3) is 0 Å². The first kappa shape index (κ1) is 15.2. The van der Waals surface area contributed by atoms with Crippen LogP contribution in [0.1, 0.15) is 28.4 Å². The monoisotopic (exact) mass is 286 g/mol. The number of nitrogens with one attached hydrogen (secondary N) is 1. The zero-order valence-corrected chi connectivity index (χ0v) is 12.0. The maximum absolute atomic E-state index is 13.8. The highest BCUT2D eigenvalue weighted by molar-refractivity contribution is 5.92. The van der Waals surface area contributed by atoms with Crippen LogP contribution < -0.4 is 11.1 Å². The lowest BCUT2D eigenvalue weighted by Crippen LogP contribution is -2.28. The van der Waals surface area contributed by atoms with E-state index in [1.165, 1.54) is 11.6 Å². The number of carbonyl (C=O) groups excluding carboxylic acids is 1. The van der Waals surface area contributed by atoms with Gasteiger partial charge in [0.05, 0.1) is 0 Å². The van der Waals surface area contributed by atoms with E-state index >= 15 is 0 Å². The Balaban J connectivity index is 1.92. The minimum absolute atomic E-state index is 0.189. The Kier molecular flexibility index (Phi) is 5.06. The van der Waals surface area contributed by atoms with Gasteiger partial charge in [0.15, 0.2) is 0 Å². The first-order valence-corrected chi connectivity index (χ1v) is 6.92. The van der Waals surface area contributed by atoms with Gasteiger partial charge in [0, 0.05) is 23.7 Å². The van der Waals surface area contributed by atoms with Crippen LogP contribution in [0.15, 0.2) is 48.5 Å². The third-order valence-corrected chi connectivity index (χ3v) is 3.36. The molecule has 0 fully saturated rings. The highest BCUT2D eigenvalue weighted by Crippen LogP contribution is 2.11. The van der Waals surface area contributed by atoms with Crippen molar-refractivity contribution in [1.29, 1.82) is 0 Å². The Bertz CT molecular complexity index is 613. The predicted molar refractivity (Wildman–Crippen MR) is 81.4 cm³/mol. The van der Waals surface area contributed by atoms with E-state index in [2.05, 4.69) is 24.4 Å². The Hall–Kier alpha value is -2.20. The second-order valence-electron chi connectivity index (χ2n) is 5.14. The molecule has 3 nitrogen and oxygen atoms in total. The number of hydrogen-bond acceptors (Lipinski definition) is 2. The number of benzene rings is 2. The summed E-state index contributed by atoms with van der Waals surface area (Å²) < 4.78 is 13.8. The van der Waals surface area contributed by atoms with Crippen molar-refractivity contribution in [2.75, 3.05) is 0 Å². The molecule has 110 valence electrons. The Morgan fingerprint density at radius 1 is 1.24 bits per heavy atom. The van der Waals surface area contributed by atoms with Crippen molar-refractivity contribution in [1.82, 2.24) is 5.32 Å². The Morgan fingerprint density at radius 3 is 2.57 bits per heavy atom. The number of amides is 1. The van der Waals surface area contributed by atoms with Gasteiger partial charge in [-0.2, -0.15) is 0 Å². The molecular weight excluding hydrogens is 267 g/mol. The van der Waals surface area contributed by atoms with Gasteiger partial charge >= 0.3 is 0 Å². The highest BCUT2D eigenvalue weighted by Gasteiger charge is 2.08. The fraction of sp³-hybridized carbons (Fsp3) is 0.235. The van der Waals surface area contributed by atoms with E-state index in [1.54, 1.807) is 12.1 Å². The molecule has 3 N–H and O–H groups in total. The summed E-state index contributed by atoms with van der Waals surface area (Å²) in [5.41, 5.74) is 7.07. The molecule has 1 unspecified atom stereocenters.